The zero-order valence-electron chi connectivity index (χ0n) is 9.87. The predicted molar refractivity (Wildman–Crippen MR) is 69.4 cm³/mol. The summed E-state index contributed by atoms with van der Waals surface area (Å²) >= 11 is 0. The molecule has 5 heteroatoms. The largest absolute Gasteiger partial charge is 0.493 e. The van der Waals surface area contributed by atoms with E-state index in [1.165, 1.54) is 0 Å². The normalized spacial score (nSPS) is 10.7. The third-order valence-corrected chi connectivity index (χ3v) is 2.82. The molecule has 0 amide bonds. The minimum Gasteiger partial charge on any atom is -0.493 e. The van der Waals surface area contributed by atoms with Crippen molar-refractivity contribution in [2.24, 2.45) is 0 Å². The van der Waals surface area contributed by atoms with Crippen molar-refractivity contribution in [1.29, 1.82) is 0 Å². The predicted octanol–water partition coefficient (Wildman–Crippen LogP) is 1.99. The van der Waals surface area contributed by atoms with Gasteiger partial charge in [-0.2, -0.15) is 0 Å². The van der Waals surface area contributed by atoms with Crippen molar-refractivity contribution in [2.75, 3.05) is 12.8 Å². The first kappa shape index (κ1) is 10.6. The number of imidazole rings is 1. The van der Waals surface area contributed by atoms with Crippen LogP contribution < -0.4 is 10.5 Å². The van der Waals surface area contributed by atoms with Gasteiger partial charge in [-0.3, -0.25) is 9.38 Å². The van der Waals surface area contributed by atoms with Crippen molar-refractivity contribution < 1.29 is 4.74 Å². The second-order valence-corrected chi connectivity index (χ2v) is 3.85. The van der Waals surface area contributed by atoms with E-state index in [9.17, 15) is 0 Å². The number of anilines is 1. The molecule has 0 aromatic carbocycles. The summed E-state index contributed by atoms with van der Waals surface area (Å²) in [6.07, 6.45) is 5.30. The molecule has 0 bridgehead atoms. The van der Waals surface area contributed by atoms with Gasteiger partial charge in [-0.1, -0.05) is 0 Å². The minimum absolute atomic E-state index is 0.593. The number of pyridine rings is 2. The van der Waals surface area contributed by atoms with Gasteiger partial charge in [0.05, 0.1) is 7.11 Å². The van der Waals surface area contributed by atoms with Crippen LogP contribution in [-0.2, 0) is 0 Å². The number of ether oxygens (including phenoxy) is 1. The molecule has 0 aliphatic heterocycles. The maximum Gasteiger partial charge on any atom is 0.181 e. The Kier molecular flexibility index (Phi) is 2.37. The third-order valence-electron chi connectivity index (χ3n) is 2.82. The van der Waals surface area contributed by atoms with E-state index in [0.717, 1.165) is 11.3 Å². The van der Waals surface area contributed by atoms with Crippen molar-refractivity contribution in [3.05, 3.63) is 42.9 Å². The van der Waals surface area contributed by atoms with E-state index < -0.39 is 0 Å². The van der Waals surface area contributed by atoms with Gasteiger partial charge in [0, 0.05) is 24.2 Å². The smallest absolute Gasteiger partial charge is 0.181 e. The van der Waals surface area contributed by atoms with Gasteiger partial charge in [-0.25, -0.2) is 4.98 Å². The molecular formula is C13H12N4O. The minimum atomic E-state index is 0.593. The topological polar surface area (TPSA) is 65.4 Å². The van der Waals surface area contributed by atoms with Crippen LogP contribution >= 0.6 is 0 Å². The molecule has 18 heavy (non-hydrogen) atoms. The van der Waals surface area contributed by atoms with Crippen LogP contribution in [0.2, 0.25) is 0 Å². The summed E-state index contributed by atoms with van der Waals surface area (Å²) in [7, 11) is 1.62. The zero-order chi connectivity index (χ0) is 12.5. The summed E-state index contributed by atoms with van der Waals surface area (Å²) in [5.41, 5.74) is 8.51. The average molecular weight is 240 g/mol. The van der Waals surface area contributed by atoms with E-state index >= 15 is 0 Å². The lowest BCUT2D eigenvalue weighted by Crippen LogP contribution is -1.95. The van der Waals surface area contributed by atoms with Gasteiger partial charge in [-0.05, 0) is 24.3 Å². The van der Waals surface area contributed by atoms with Gasteiger partial charge in [-0.15, -0.1) is 0 Å². The molecule has 0 aliphatic rings. The van der Waals surface area contributed by atoms with Crippen molar-refractivity contribution in [1.82, 2.24) is 14.4 Å². The molecule has 3 aromatic rings. The molecule has 3 rings (SSSR count). The number of nitrogens with zero attached hydrogens (tertiary/aromatic N) is 3. The van der Waals surface area contributed by atoms with Crippen LogP contribution in [0.25, 0.3) is 16.9 Å². The van der Waals surface area contributed by atoms with Crippen molar-refractivity contribution in [3.63, 3.8) is 0 Å². The maximum absolute atomic E-state index is 6.12. The average Bonchev–Trinajstić information content (AvgIpc) is 2.77. The Morgan fingerprint density at radius 2 is 2.00 bits per heavy atom. The molecule has 0 aliphatic carbocycles. The second-order valence-electron chi connectivity index (χ2n) is 3.85. The SMILES string of the molecule is COc1cccn2c(N)c(-c3ccncc3)nc12. The Morgan fingerprint density at radius 1 is 1.22 bits per heavy atom. The lowest BCUT2D eigenvalue weighted by atomic mass is 10.2. The molecule has 0 fully saturated rings. The van der Waals surface area contributed by atoms with Gasteiger partial charge in [0.25, 0.3) is 0 Å². The first-order valence-corrected chi connectivity index (χ1v) is 5.52. The standard InChI is InChI=1S/C13H12N4O/c1-18-10-3-2-8-17-12(14)11(16-13(10)17)9-4-6-15-7-5-9/h2-8H,14H2,1H3. The maximum atomic E-state index is 6.12. The summed E-state index contributed by atoms with van der Waals surface area (Å²) < 4.78 is 7.09. The van der Waals surface area contributed by atoms with Crippen molar-refractivity contribution in [3.8, 4) is 17.0 Å². The molecule has 0 atom stereocenters. The highest BCUT2D eigenvalue weighted by Gasteiger charge is 2.13. The number of methoxy groups -OCH3 is 1. The van der Waals surface area contributed by atoms with Crippen LogP contribution in [0.15, 0.2) is 42.9 Å². The highest BCUT2D eigenvalue weighted by atomic mass is 16.5. The Morgan fingerprint density at radius 3 is 2.72 bits per heavy atom. The molecule has 0 spiro atoms. The number of hydrogen-bond acceptors (Lipinski definition) is 4. The fourth-order valence-electron chi connectivity index (χ4n) is 1.94. The number of nitrogen functional groups attached to an aromatic ring is 1. The van der Waals surface area contributed by atoms with Gasteiger partial charge < -0.3 is 10.5 Å². The molecule has 3 aromatic heterocycles. The van der Waals surface area contributed by atoms with E-state index in [-0.39, 0.29) is 0 Å². The van der Waals surface area contributed by atoms with Crippen LogP contribution in [0.1, 0.15) is 0 Å². The van der Waals surface area contributed by atoms with Crippen LogP contribution in [-0.4, -0.2) is 21.5 Å². The zero-order valence-corrected chi connectivity index (χ0v) is 9.87. The fourth-order valence-corrected chi connectivity index (χ4v) is 1.94. The van der Waals surface area contributed by atoms with E-state index in [0.29, 0.717) is 17.2 Å². The van der Waals surface area contributed by atoms with Crippen LogP contribution in [0, 0.1) is 0 Å². The molecule has 2 N–H and O–H groups in total. The first-order valence-electron chi connectivity index (χ1n) is 5.52. The summed E-state index contributed by atoms with van der Waals surface area (Å²) in [5, 5.41) is 0. The number of fused-ring (bicyclic) bond motifs is 1. The number of rotatable bonds is 2. The number of aromatic nitrogens is 3. The summed E-state index contributed by atoms with van der Waals surface area (Å²) in [5.74, 6) is 1.29. The molecule has 0 radical (unpaired) electrons. The number of hydrogen-bond donors (Lipinski definition) is 1. The van der Waals surface area contributed by atoms with Gasteiger partial charge in [0.2, 0.25) is 0 Å². The molecule has 0 saturated carbocycles. The highest BCUT2D eigenvalue weighted by molar-refractivity contribution is 5.76. The van der Waals surface area contributed by atoms with E-state index in [2.05, 4.69) is 9.97 Å². The van der Waals surface area contributed by atoms with E-state index in [4.69, 9.17) is 10.5 Å². The Hall–Kier alpha value is -2.56. The second kappa shape index (κ2) is 4.03. The highest BCUT2D eigenvalue weighted by Crippen LogP contribution is 2.29. The van der Waals surface area contributed by atoms with Crippen LogP contribution in [0.3, 0.4) is 0 Å². The lowest BCUT2D eigenvalue weighted by Gasteiger charge is -2.01. The number of nitrogens with two attached hydrogens (primary N) is 1. The summed E-state index contributed by atoms with van der Waals surface area (Å²) in [6.45, 7) is 0. The molecule has 0 unspecified atom stereocenters. The third kappa shape index (κ3) is 1.48. The van der Waals surface area contributed by atoms with Gasteiger partial charge in [0.15, 0.2) is 11.4 Å². The van der Waals surface area contributed by atoms with Crippen molar-refractivity contribution >= 4 is 11.5 Å². The summed E-state index contributed by atoms with van der Waals surface area (Å²) in [4.78, 5) is 8.53. The monoisotopic (exact) mass is 240 g/mol. The van der Waals surface area contributed by atoms with Crippen LogP contribution in [0.4, 0.5) is 5.82 Å². The Bertz CT molecular complexity index is 691. The molecule has 5 nitrogen and oxygen atoms in total. The van der Waals surface area contributed by atoms with E-state index in [1.54, 1.807) is 19.5 Å². The molecule has 90 valence electrons. The van der Waals surface area contributed by atoms with Crippen LogP contribution in [0.5, 0.6) is 5.75 Å². The molecule has 3 heterocycles. The Labute approximate surface area is 104 Å². The van der Waals surface area contributed by atoms with Gasteiger partial charge >= 0.3 is 0 Å². The Balaban J connectivity index is 2.29. The lowest BCUT2D eigenvalue weighted by molar-refractivity contribution is 0.417. The van der Waals surface area contributed by atoms with Crippen molar-refractivity contribution in [2.45, 2.75) is 0 Å². The quantitative estimate of drug-likeness (QED) is 0.744. The molecule has 0 saturated heterocycles. The van der Waals surface area contributed by atoms with Gasteiger partial charge in [0.1, 0.15) is 11.5 Å². The molecular weight excluding hydrogens is 228 g/mol. The summed E-state index contributed by atoms with van der Waals surface area (Å²) in [6, 6.07) is 7.49. The van der Waals surface area contributed by atoms with E-state index in [1.807, 2.05) is 34.9 Å². The first-order chi connectivity index (χ1) is 8.81. The fraction of sp³-hybridized carbons (Fsp3) is 0.0769.